The summed E-state index contributed by atoms with van der Waals surface area (Å²) in [5.41, 5.74) is 0.427. The molecule has 10 nitrogen and oxygen atoms in total. The summed E-state index contributed by atoms with van der Waals surface area (Å²) in [7, 11) is -3.63. The van der Waals surface area contributed by atoms with E-state index < -0.39 is 33.4 Å². The summed E-state index contributed by atoms with van der Waals surface area (Å²) in [6.07, 6.45) is -0.641. The van der Waals surface area contributed by atoms with Gasteiger partial charge < -0.3 is 24.7 Å². The van der Waals surface area contributed by atoms with E-state index in [2.05, 4.69) is 10.0 Å². The Kier molecular flexibility index (Phi) is 9.40. The maximum Gasteiger partial charge on any atom is 0.407 e. The summed E-state index contributed by atoms with van der Waals surface area (Å²) >= 11 is 0. The van der Waals surface area contributed by atoms with Crippen LogP contribution in [0.5, 0.6) is 17.4 Å². The van der Waals surface area contributed by atoms with Crippen LogP contribution in [0.2, 0.25) is 0 Å². The molecule has 0 radical (unpaired) electrons. The lowest BCUT2D eigenvalue weighted by Crippen LogP contribution is -2.36. The molecule has 0 saturated carbocycles. The molecular weight excluding hydrogens is 548 g/mol. The first-order chi connectivity index (χ1) is 18.7. The Morgan fingerprint density at radius 2 is 1.75 bits per heavy atom. The number of rotatable bonds is 10. The maximum absolute atomic E-state index is 14.4. The molecule has 2 N–H and O–H groups in total. The number of hydrogen-bond donors (Lipinski definition) is 2. The van der Waals surface area contributed by atoms with Crippen molar-refractivity contribution in [3.05, 3.63) is 71.1 Å². The molecular formula is C27H31F2N3O7S. The molecule has 0 bridgehead atoms. The van der Waals surface area contributed by atoms with Gasteiger partial charge in [-0.2, -0.15) is 0 Å². The molecule has 1 amide bonds. The predicted molar refractivity (Wildman–Crippen MR) is 145 cm³/mol. The van der Waals surface area contributed by atoms with Crippen LogP contribution < -0.4 is 24.2 Å². The molecule has 216 valence electrons. The normalized spacial score (nSPS) is 11.6. The number of nitrogens with zero attached hydrogens (tertiary/aromatic N) is 1. The number of halogens is 2. The van der Waals surface area contributed by atoms with Crippen LogP contribution in [0.15, 0.2) is 48.5 Å². The Balaban J connectivity index is 1.95. The highest BCUT2D eigenvalue weighted by atomic mass is 32.2. The van der Waals surface area contributed by atoms with Crippen molar-refractivity contribution < 1.29 is 40.9 Å². The summed E-state index contributed by atoms with van der Waals surface area (Å²) in [6.45, 7) is 8.17. The third kappa shape index (κ3) is 8.43. The summed E-state index contributed by atoms with van der Waals surface area (Å²) in [6, 6.07) is 10.0. The predicted octanol–water partition coefficient (Wildman–Crippen LogP) is 5.03. The van der Waals surface area contributed by atoms with Crippen molar-refractivity contribution in [1.82, 2.24) is 5.32 Å². The molecule has 40 heavy (non-hydrogen) atoms. The number of benzene rings is 2. The molecule has 3 rings (SSSR count). The smallest absolute Gasteiger partial charge is 0.407 e. The van der Waals surface area contributed by atoms with Gasteiger partial charge in [0.05, 0.1) is 18.4 Å². The number of aromatic nitrogens is 1. The fourth-order valence-electron chi connectivity index (χ4n) is 3.41. The number of carbonyl (C=O) groups is 1. The lowest BCUT2D eigenvalue weighted by Gasteiger charge is -2.19. The summed E-state index contributed by atoms with van der Waals surface area (Å²) < 4.78 is 71.6. The number of anilines is 1. The standard InChI is InChI=1S/C27H31F2N3O7S/c1-6-40(35,36)31-20-8-10-23(38-24-9-7-19(28)15-22(24)29)21(16-20)18-13-17(2)32(34)25(14-18)37-12-11-30-26(33)39-27(3,4)5/h7-10,13-16,31H,6,11-12H2,1-5H3,(H,30,33). The second-order valence-corrected chi connectivity index (χ2v) is 11.7. The minimum absolute atomic E-state index is 0.0463. The molecule has 0 unspecified atom stereocenters. The number of pyridine rings is 1. The van der Waals surface area contributed by atoms with E-state index in [0.29, 0.717) is 21.9 Å². The molecule has 0 spiro atoms. The van der Waals surface area contributed by atoms with E-state index in [1.54, 1.807) is 20.8 Å². The van der Waals surface area contributed by atoms with Crippen LogP contribution in [0.25, 0.3) is 11.1 Å². The Morgan fingerprint density at radius 3 is 2.40 bits per heavy atom. The van der Waals surface area contributed by atoms with E-state index in [-0.39, 0.29) is 47.7 Å². The number of sulfonamides is 1. The van der Waals surface area contributed by atoms with Crippen molar-refractivity contribution in [3.8, 4) is 28.5 Å². The number of hydrogen-bond acceptors (Lipinski definition) is 7. The average Bonchev–Trinajstić information content (AvgIpc) is 2.85. The topological polar surface area (TPSA) is 130 Å². The first-order valence-electron chi connectivity index (χ1n) is 12.3. The number of aryl methyl sites for hydroxylation is 1. The van der Waals surface area contributed by atoms with Crippen LogP contribution in [0.1, 0.15) is 33.4 Å². The SMILES string of the molecule is CCS(=O)(=O)Nc1ccc(Oc2ccc(F)cc2F)c(-c2cc(C)[n+]([O-])c(OCCNC(=O)OC(C)(C)C)c2)c1. The Bertz CT molecular complexity index is 1490. The van der Waals surface area contributed by atoms with Crippen LogP contribution in [-0.2, 0) is 14.8 Å². The molecule has 1 heterocycles. The highest BCUT2D eigenvalue weighted by Gasteiger charge is 2.20. The van der Waals surface area contributed by atoms with Gasteiger partial charge in [0.2, 0.25) is 10.0 Å². The minimum atomic E-state index is -3.63. The summed E-state index contributed by atoms with van der Waals surface area (Å²) in [5, 5.41) is 15.2. The monoisotopic (exact) mass is 579 g/mol. The van der Waals surface area contributed by atoms with Gasteiger partial charge in [0.15, 0.2) is 17.3 Å². The molecule has 3 aromatic rings. The van der Waals surface area contributed by atoms with E-state index in [0.717, 1.165) is 12.1 Å². The van der Waals surface area contributed by atoms with E-state index in [1.165, 1.54) is 44.2 Å². The molecule has 2 aromatic carbocycles. The number of nitrogens with one attached hydrogen (secondary N) is 2. The number of ether oxygens (including phenoxy) is 3. The van der Waals surface area contributed by atoms with Gasteiger partial charge in [0.25, 0.3) is 0 Å². The summed E-state index contributed by atoms with van der Waals surface area (Å²) in [4.78, 5) is 11.8. The lowest BCUT2D eigenvalue weighted by atomic mass is 10.0. The first kappa shape index (κ1) is 30.4. The van der Waals surface area contributed by atoms with Gasteiger partial charge in [-0.25, -0.2) is 22.0 Å². The third-order valence-corrected chi connectivity index (χ3v) is 6.55. The molecule has 13 heteroatoms. The fraction of sp³-hybridized carbons (Fsp3) is 0.333. The first-order valence-corrected chi connectivity index (χ1v) is 13.9. The van der Waals surface area contributed by atoms with E-state index in [4.69, 9.17) is 14.2 Å². The van der Waals surface area contributed by atoms with Crippen molar-refractivity contribution in [2.45, 2.75) is 40.2 Å². The fourth-order valence-corrected chi connectivity index (χ4v) is 4.04. The van der Waals surface area contributed by atoms with Gasteiger partial charge in [-0.15, -0.1) is 4.73 Å². The number of alkyl carbamates (subject to hydrolysis) is 1. The van der Waals surface area contributed by atoms with Gasteiger partial charge in [-0.1, -0.05) is 0 Å². The number of amides is 1. The molecule has 0 aliphatic rings. The van der Waals surface area contributed by atoms with Crippen LogP contribution in [0.4, 0.5) is 19.3 Å². The summed E-state index contributed by atoms with van der Waals surface area (Å²) in [5.74, 6) is -2.16. The Labute approximate surface area is 231 Å². The zero-order chi connectivity index (χ0) is 29.7. The highest BCUT2D eigenvalue weighted by Crippen LogP contribution is 2.37. The van der Waals surface area contributed by atoms with Crippen molar-refractivity contribution in [2.75, 3.05) is 23.6 Å². The molecule has 0 aliphatic heterocycles. The third-order valence-electron chi connectivity index (χ3n) is 5.24. The van der Waals surface area contributed by atoms with Gasteiger partial charge in [-0.05, 0) is 58.0 Å². The van der Waals surface area contributed by atoms with Crippen LogP contribution in [-0.4, -0.2) is 39.0 Å². The second kappa shape index (κ2) is 12.4. The zero-order valence-electron chi connectivity index (χ0n) is 22.7. The van der Waals surface area contributed by atoms with E-state index >= 15 is 0 Å². The highest BCUT2D eigenvalue weighted by molar-refractivity contribution is 7.92. The Morgan fingerprint density at radius 1 is 1.05 bits per heavy atom. The van der Waals surface area contributed by atoms with Crippen molar-refractivity contribution >= 4 is 21.8 Å². The lowest BCUT2D eigenvalue weighted by molar-refractivity contribution is -0.619. The number of carbonyl (C=O) groups excluding carboxylic acids is 1. The Hall–Kier alpha value is -4.13. The second-order valence-electron chi connectivity index (χ2n) is 9.69. The van der Waals surface area contributed by atoms with E-state index in [9.17, 15) is 27.2 Å². The van der Waals surface area contributed by atoms with Gasteiger partial charge in [0, 0.05) is 35.9 Å². The van der Waals surface area contributed by atoms with Crippen molar-refractivity contribution in [1.29, 1.82) is 0 Å². The molecule has 0 aliphatic carbocycles. The van der Waals surface area contributed by atoms with E-state index in [1.807, 2.05) is 0 Å². The average molecular weight is 580 g/mol. The zero-order valence-corrected chi connectivity index (χ0v) is 23.5. The van der Waals surface area contributed by atoms with Crippen LogP contribution >= 0.6 is 0 Å². The minimum Gasteiger partial charge on any atom is -0.616 e. The van der Waals surface area contributed by atoms with Gasteiger partial charge >= 0.3 is 12.0 Å². The van der Waals surface area contributed by atoms with Gasteiger partial charge in [-0.3, -0.25) is 4.72 Å². The quantitative estimate of drug-likeness (QED) is 0.196. The molecule has 1 aromatic heterocycles. The maximum atomic E-state index is 14.4. The largest absolute Gasteiger partial charge is 0.616 e. The molecule has 0 saturated heterocycles. The molecule has 0 fully saturated rings. The van der Waals surface area contributed by atoms with Crippen LogP contribution in [0.3, 0.4) is 0 Å². The van der Waals surface area contributed by atoms with Crippen LogP contribution in [0, 0.1) is 23.8 Å². The van der Waals surface area contributed by atoms with Crippen molar-refractivity contribution in [2.24, 2.45) is 0 Å². The van der Waals surface area contributed by atoms with Gasteiger partial charge in [0.1, 0.15) is 23.8 Å². The van der Waals surface area contributed by atoms with Crippen molar-refractivity contribution in [3.63, 3.8) is 0 Å². The molecule has 0 atom stereocenters.